The summed E-state index contributed by atoms with van der Waals surface area (Å²) in [5, 5.41) is 0. The molecule has 0 N–H and O–H groups in total. The fraction of sp³-hybridized carbons (Fsp3) is 0.688. The Balaban J connectivity index is 3.25. The van der Waals surface area contributed by atoms with Gasteiger partial charge in [-0.2, -0.15) is 0 Å². The average Bonchev–Trinajstić information content (AvgIpc) is 2.75. The van der Waals surface area contributed by atoms with Crippen LogP contribution in [0.4, 0.5) is 0 Å². The molecule has 0 atom stereocenters. The Morgan fingerprint density at radius 2 is 1.52 bits per heavy atom. The molecule has 0 saturated carbocycles. The molecule has 21 heavy (non-hydrogen) atoms. The SMILES string of the molecule is COC(=O)C1(C(=O)OC)CC(CC(C)(C)C)=C(C(C)=O)C1. The van der Waals surface area contributed by atoms with Crippen molar-refractivity contribution < 1.29 is 23.9 Å². The van der Waals surface area contributed by atoms with E-state index in [1.165, 1.54) is 21.1 Å². The number of methoxy groups -OCH3 is 2. The van der Waals surface area contributed by atoms with Crippen LogP contribution in [-0.4, -0.2) is 31.9 Å². The summed E-state index contributed by atoms with van der Waals surface area (Å²) in [6.45, 7) is 7.61. The molecule has 1 aliphatic rings. The van der Waals surface area contributed by atoms with Gasteiger partial charge in [0.15, 0.2) is 11.2 Å². The molecule has 0 heterocycles. The van der Waals surface area contributed by atoms with Crippen molar-refractivity contribution in [2.45, 2.75) is 47.0 Å². The predicted molar refractivity (Wildman–Crippen MR) is 77.5 cm³/mol. The predicted octanol–water partition coefficient (Wildman–Crippen LogP) is 2.43. The summed E-state index contributed by atoms with van der Waals surface area (Å²) >= 11 is 0. The molecule has 0 fully saturated rings. The zero-order valence-electron chi connectivity index (χ0n) is 13.7. The lowest BCUT2D eigenvalue weighted by Crippen LogP contribution is -2.39. The highest BCUT2D eigenvalue weighted by atomic mass is 16.5. The third kappa shape index (κ3) is 3.52. The van der Waals surface area contributed by atoms with Crippen LogP contribution in [0.2, 0.25) is 0 Å². The first kappa shape index (κ1) is 17.4. The van der Waals surface area contributed by atoms with Gasteiger partial charge in [0.2, 0.25) is 0 Å². The zero-order chi connectivity index (χ0) is 16.4. The smallest absolute Gasteiger partial charge is 0.323 e. The van der Waals surface area contributed by atoms with Gasteiger partial charge in [-0.3, -0.25) is 14.4 Å². The van der Waals surface area contributed by atoms with E-state index >= 15 is 0 Å². The van der Waals surface area contributed by atoms with Crippen LogP contribution in [-0.2, 0) is 23.9 Å². The van der Waals surface area contributed by atoms with E-state index in [-0.39, 0.29) is 24.0 Å². The molecule has 0 radical (unpaired) electrons. The summed E-state index contributed by atoms with van der Waals surface area (Å²) in [7, 11) is 2.48. The summed E-state index contributed by atoms with van der Waals surface area (Å²) in [6, 6.07) is 0. The lowest BCUT2D eigenvalue weighted by Gasteiger charge is -2.25. The number of ketones is 1. The Labute approximate surface area is 125 Å². The van der Waals surface area contributed by atoms with Crippen molar-refractivity contribution in [3.05, 3.63) is 11.1 Å². The lowest BCUT2D eigenvalue weighted by molar-refractivity contribution is -0.168. The Bertz CT molecular complexity index is 477. The molecule has 1 rings (SSSR count). The van der Waals surface area contributed by atoms with Crippen LogP contribution in [0.3, 0.4) is 0 Å². The molecule has 118 valence electrons. The monoisotopic (exact) mass is 296 g/mol. The second-order valence-corrected chi connectivity index (χ2v) is 6.79. The van der Waals surface area contributed by atoms with Crippen molar-refractivity contribution in [3.63, 3.8) is 0 Å². The van der Waals surface area contributed by atoms with E-state index in [4.69, 9.17) is 9.47 Å². The van der Waals surface area contributed by atoms with E-state index in [9.17, 15) is 14.4 Å². The van der Waals surface area contributed by atoms with Crippen LogP contribution in [0, 0.1) is 10.8 Å². The molecule has 0 spiro atoms. The number of esters is 2. The Hall–Kier alpha value is -1.65. The molecule has 0 saturated heterocycles. The number of carbonyl (C=O) groups is 3. The number of hydrogen-bond donors (Lipinski definition) is 0. The van der Waals surface area contributed by atoms with Gasteiger partial charge < -0.3 is 9.47 Å². The second-order valence-electron chi connectivity index (χ2n) is 6.79. The van der Waals surface area contributed by atoms with E-state index in [0.29, 0.717) is 12.0 Å². The van der Waals surface area contributed by atoms with Gasteiger partial charge in [-0.1, -0.05) is 26.3 Å². The molecule has 0 unspecified atom stereocenters. The van der Waals surface area contributed by atoms with Crippen molar-refractivity contribution in [2.24, 2.45) is 10.8 Å². The van der Waals surface area contributed by atoms with Gasteiger partial charge in [-0.05, 0) is 30.8 Å². The van der Waals surface area contributed by atoms with E-state index in [2.05, 4.69) is 0 Å². The van der Waals surface area contributed by atoms with Crippen LogP contribution in [0.1, 0.15) is 47.0 Å². The molecule has 5 nitrogen and oxygen atoms in total. The first-order valence-corrected chi connectivity index (χ1v) is 6.96. The van der Waals surface area contributed by atoms with E-state index in [1.807, 2.05) is 20.8 Å². The van der Waals surface area contributed by atoms with Crippen LogP contribution in [0.5, 0.6) is 0 Å². The third-order valence-corrected chi connectivity index (χ3v) is 3.74. The van der Waals surface area contributed by atoms with Gasteiger partial charge in [0.05, 0.1) is 14.2 Å². The molecule has 5 heteroatoms. The fourth-order valence-electron chi connectivity index (χ4n) is 2.91. The standard InChI is InChI=1S/C16H24O5/c1-10(17)12-9-16(13(18)20-5,14(19)21-6)8-11(12)7-15(2,3)4/h7-9H2,1-6H3. The van der Waals surface area contributed by atoms with Gasteiger partial charge >= 0.3 is 11.9 Å². The minimum Gasteiger partial charge on any atom is -0.468 e. The highest BCUT2D eigenvalue weighted by Crippen LogP contribution is 2.47. The first-order valence-electron chi connectivity index (χ1n) is 6.96. The van der Waals surface area contributed by atoms with Crippen LogP contribution >= 0.6 is 0 Å². The quantitative estimate of drug-likeness (QED) is 0.588. The number of carbonyl (C=O) groups excluding carboxylic acids is 3. The van der Waals surface area contributed by atoms with Crippen molar-refractivity contribution in [1.82, 2.24) is 0 Å². The largest absolute Gasteiger partial charge is 0.468 e. The van der Waals surface area contributed by atoms with Crippen molar-refractivity contribution in [2.75, 3.05) is 14.2 Å². The second kappa shape index (κ2) is 6.00. The van der Waals surface area contributed by atoms with Crippen LogP contribution in [0.25, 0.3) is 0 Å². The summed E-state index contributed by atoms with van der Waals surface area (Å²) in [5.41, 5.74) is -0.0461. The van der Waals surface area contributed by atoms with Gasteiger partial charge in [0.1, 0.15) is 0 Å². The Morgan fingerprint density at radius 3 is 1.86 bits per heavy atom. The molecular weight excluding hydrogens is 272 g/mol. The van der Waals surface area contributed by atoms with Gasteiger partial charge in [-0.25, -0.2) is 0 Å². The topological polar surface area (TPSA) is 69.7 Å². The molecule has 0 bridgehead atoms. The van der Waals surface area contributed by atoms with Gasteiger partial charge in [-0.15, -0.1) is 0 Å². The molecule has 0 amide bonds. The fourth-order valence-corrected chi connectivity index (χ4v) is 2.91. The van der Waals surface area contributed by atoms with Crippen molar-refractivity contribution in [3.8, 4) is 0 Å². The zero-order valence-corrected chi connectivity index (χ0v) is 13.7. The molecule has 0 aromatic heterocycles. The maximum atomic E-state index is 12.2. The maximum absolute atomic E-state index is 12.2. The van der Waals surface area contributed by atoms with E-state index < -0.39 is 17.4 Å². The highest BCUT2D eigenvalue weighted by molar-refractivity contribution is 6.05. The van der Waals surface area contributed by atoms with Gasteiger partial charge in [0.25, 0.3) is 0 Å². The molecule has 0 aromatic carbocycles. The third-order valence-electron chi connectivity index (χ3n) is 3.74. The number of rotatable bonds is 4. The number of ether oxygens (including phenoxy) is 2. The molecular formula is C16H24O5. The van der Waals surface area contributed by atoms with E-state index in [1.54, 1.807) is 0 Å². The molecule has 0 aliphatic heterocycles. The summed E-state index contributed by atoms with van der Waals surface area (Å²) in [6.07, 6.45) is 0.906. The highest BCUT2D eigenvalue weighted by Gasteiger charge is 2.54. The number of allylic oxidation sites excluding steroid dienone is 2. The minimum absolute atomic E-state index is 0.0433. The summed E-state index contributed by atoms with van der Waals surface area (Å²) in [5.74, 6) is -1.39. The lowest BCUT2D eigenvalue weighted by atomic mass is 9.81. The average molecular weight is 296 g/mol. The summed E-state index contributed by atoms with van der Waals surface area (Å²) < 4.78 is 9.58. The Kier molecular flexibility index (Phi) is 4.97. The van der Waals surface area contributed by atoms with Crippen LogP contribution in [0.15, 0.2) is 11.1 Å². The summed E-state index contributed by atoms with van der Waals surface area (Å²) in [4.78, 5) is 36.2. The van der Waals surface area contributed by atoms with Gasteiger partial charge in [0, 0.05) is 6.42 Å². The first-order chi connectivity index (χ1) is 9.57. The number of hydrogen-bond acceptors (Lipinski definition) is 5. The van der Waals surface area contributed by atoms with Crippen molar-refractivity contribution >= 4 is 17.7 Å². The Morgan fingerprint density at radius 1 is 1.05 bits per heavy atom. The normalized spacial score (nSPS) is 17.6. The van der Waals surface area contributed by atoms with Crippen LogP contribution < -0.4 is 0 Å². The number of Topliss-reactive ketones (excluding diaryl/α,β-unsaturated/α-hetero) is 1. The minimum atomic E-state index is -1.41. The van der Waals surface area contributed by atoms with Crippen molar-refractivity contribution in [1.29, 1.82) is 0 Å². The molecule has 0 aromatic rings. The van der Waals surface area contributed by atoms with E-state index in [0.717, 1.165) is 5.57 Å². The molecule has 1 aliphatic carbocycles. The maximum Gasteiger partial charge on any atom is 0.323 e.